The Bertz CT molecular complexity index is 711. The zero-order valence-electron chi connectivity index (χ0n) is 14.9. The second kappa shape index (κ2) is 8.46. The number of likely N-dealkylation sites (tertiary alicyclic amines) is 1. The van der Waals surface area contributed by atoms with Gasteiger partial charge in [-0.3, -0.25) is 19.7 Å². The number of carbonyl (C=O) groups excluding carboxylic acids is 4. The summed E-state index contributed by atoms with van der Waals surface area (Å²) < 4.78 is 5.09. The van der Waals surface area contributed by atoms with Crippen molar-refractivity contribution < 1.29 is 23.9 Å². The Morgan fingerprint density at radius 1 is 1.19 bits per heavy atom. The third kappa shape index (κ3) is 4.81. The van der Waals surface area contributed by atoms with Crippen molar-refractivity contribution in [2.24, 2.45) is 11.7 Å². The molecule has 1 aromatic carbocycles. The van der Waals surface area contributed by atoms with Crippen LogP contribution < -0.4 is 11.1 Å². The van der Waals surface area contributed by atoms with Crippen LogP contribution in [0, 0.1) is 12.8 Å². The van der Waals surface area contributed by atoms with Gasteiger partial charge < -0.3 is 15.4 Å². The van der Waals surface area contributed by atoms with Crippen LogP contribution in [-0.4, -0.2) is 47.9 Å². The van der Waals surface area contributed by atoms with Gasteiger partial charge in [-0.1, -0.05) is 18.2 Å². The molecule has 1 aliphatic rings. The highest BCUT2D eigenvalue weighted by molar-refractivity contribution is 5.97. The number of ether oxygens (including phenoxy) is 1. The molecule has 140 valence electrons. The summed E-state index contributed by atoms with van der Waals surface area (Å²) in [5.74, 6) is -1.72. The van der Waals surface area contributed by atoms with Crippen LogP contribution in [0.4, 0.5) is 4.79 Å². The highest BCUT2D eigenvalue weighted by atomic mass is 16.5. The van der Waals surface area contributed by atoms with E-state index in [2.05, 4.69) is 0 Å². The van der Waals surface area contributed by atoms with Crippen molar-refractivity contribution in [3.05, 3.63) is 35.4 Å². The Labute approximate surface area is 151 Å². The molecule has 1 atom stereocenters. The summed E-state index contributed by atoms with van der Waals surface area (Å²) in [6.45, 7) is 4.13. The van der Waals surface area contributed by atoms with Crippen LogP contribution in [-0.2, 0) is 14.3 Å². The fraction of sp³-hybridized carbons (Fsp3) is 0.444. The molecule has 8 heteroatoms. The Morgan fingerprint density at radius 3 is 2.38 bits per heavy atom. The molecule has 0 unspecified atom stereocenters. The third-order valence-electron chi connectivity index (χ3n) is 4.40. The molecule has 0 spiro atoms. The van der Waals surface area contributed by atoms with E-state index >= 15 is 0 Å². The maximum Gasteiger partial charge on any atom is 0.318 e. The SMILES string of the molecule is Cc1ccccc1C(=O)N1CCC(C(=O)O[C@@H](C)C(=O)NC(N)=O)CC1. The lowest BCUT2D eigenvalue weighted by Crippen LogP contribution is -2.44. The van der Waals surface area contributed by atoms with Crippen LogP contribution in [0.5, 0.6) is 0 Å². The average molecular weight is 361 g/mol. The maximum absolute atomic E-state index is 12.6. The van der Waals surface area contributed by atoms with Crippen LogP contribution in [0.2, 0.25) is 0 Å². The first-order valence-corrected chi connectivity index (χ1v) is 8.45. The van der Waals surface area contributed by atoms with Crippen LogP contribution in [0.1, 0.15) is 35.7 Å². The first-order chi connectivity index (χ1) is 12.3. The number of urea groups is 1. The van der Waals surface area contributed by atoms with E-state index in [0.29, 0.717) is 31.5 Å². The van der Waals surface area contributed by atoms with Gasteiger partial charge in [0.1, 0.15) is 0 Å². The van der Waals surface area contributed by atoms with Gasteiger partial charge in [0.25, 0.3) is 11.8 Å². The predicted octanol–water partition coefficient (Wildman–Crippen LogP) is 0.974. The number of aryl methyl sites for hydroxylation is 1. The molecular weight excluding hydrogens is 338 g/mol. The molecule has 0 bridgehead atoms. The molecule has 1 saturated heterocycles. The molecule has 26 heavy (non-hydrogen) atoms. The van der Waals surface area contributed by atoms with Crippen LogP contribution >= 0.6 is 0 Å². The summed E-state index contributed by atoms with van der Waals surface area (Å²) in [7, 11) is 0. The lowest BCUT2D eigenvalue weighted by atomic mass is 9.96. The minimum absolute atomic E-state index is 0.0517. The van der Waals surface area contributed by atoms with Crippen molar-refractivity contribution in [3.63, 3.8) is 0 Å². The van der Waals surface area contributed by atoms with E-state index in [4.69, 9.17) is 10.5 Å². The minimum Gasteiger partial charge on any atom is -0.452 e. The van der Waals surface area contributed by atoms with Gasteiger partial charge in [-0.15, -0.1) is 0 Å². The zero-order chi connectivity index (χ0) is 19.3. The number of amides is 4. The topological polar surface area (TPSA) is 119 Å². The first kappa shape index (κ1) is 19.4. The van der Waals surface area contributed by atoms with E-state index in [1.165, 1.54) is 6.92 Å². The van der Waals surface area contributed by atoms with Crippen molar-refractivity contribution in [1.82, 2.24) is 10.2 Å². The number of carbonyl (C=O) groups is 4. The van der Waals surface area contributed by atoms with Crippen molar-refractivity contribution in [1.29, 1.82) is 0 Å². The molecule has 0 aliphatic carbocycles. The second-order valence-corrected chi connectivity index (χ2v) is 6.31. The van der Waals surface area contributed by atoms with E-state index < -0.39 is 24.0 Å². The lowest BCUT2D eigenvalue weighted by Gasteiger charge is -2.31. The summed E-state index contributed by atoms with van der Waals surface area (Å²) in [5, 5.41) is 1.87. The van der Waals surface area contributed by atoms with E-state index in [9.17, 15) is 19.2 Å². The van der Waals surface area contributed by atoms with Gasteiger partial charge in [0.15, 0.2) is 6.10 Å². The molecule has 0 saturated carbocycles. The van der Waals surface area contributed by atoms with Gasteiger partial charge in [-0.25, -0.2) is 4.79 Å². The van der Waals surface area contributed by atoms with Crippen LogP contribution in [0.25, 0.3) is 0 Å². The summed E-state index contributed by atoms with van der Waals surface area (Å²) in [6.07, 6.45) is -0.192. The number of nitrogens with two attached hydrogens (primary N) is 1. The van der Waals surface area contributed by atoms with E-state index in [0.717, 1.165) is 5.56 Å². The first-order valence-electron chi connectivity index (χ1n) is 8.45. The number of imide groups is 1. The van der Waals surface area contributed by atoms with Crippen molar-refractivity contribution >= 4 is 23.8 Å². The normalized spacial score (nSPS) is 15.8. The fourth-order valence-corrected chi connectivity index (χ4v) is 2.85. The molecular formula is C18H23N3O5. The molecule has 0 radical (unpaired) electrons. The lowest BCUT2D eigenvalue weighted by molar-refractivity contribution is -0.159. The van der Waals surface area contributed by atoms with Crippen molar-refractivity contribution in [2.75, 3.05) is 13.1 Å². The number of esters is 1. The van der Waals surface area contributed by atoms with Gasteiger partial charge in [-0.2, -0.15) is 0 Å². The number of hydrogen-bond acceptors (Lipinski definition) is 5. The summed E-state index contributed by atoms with van der Waals surface area (Å²) in [4.78, 5) is 48.7. The number of benzene rings is 1. The van der Waals surface area contributed by atoms with E-state index in [-0.39, 0.29) is 11.8 Å². The fourth-order valence-electron chi connectivity index (χ4n) is 2.85. The van der Waals surface area contributed by atoms with E-state index in [1.807, 2.05) is 30.4 Å². The van der Waals surface area contributed by atoms with Gasteiger partial charge in [0, 0.05) is 18.7 Å². The van der Waals surface area contributed by atoms with Crippen molar-refractivity contribution in [2.45, 2.75) is 32.8 Å². The number of nitrogens with one attached hydrogen (secondary N) is 1. The molecule has 1 aliphatic heterocycles. The molecule has 2 rings (SSSR count). The summed E-state index contributed by atoms with van der Waals surface area (Å²) >= 11 is 0. The smallest absolute Gasteiger partial charge is 0.318 e. The average Bonchev–Trinajstić information content (AvgIpc) is 2.61. The van der Waals surface area contributed by atoms with Crippen molar-refractivity contribution in [3.8, 4) is 0 Å². The van der Waals surface area contributed by atoms with Crippen LogP contribution in [0.15, 0.2) is 24.3 Å². The standard InChI is InChI=1S/C18H23N3O5/c1-11-5-3-4-6-14(11)16(23)21-9-7-13(8-10-21)17(24)26-12(2)15(22)20-18(19)25/h3-6,12-13H,7-10H2,1-2H3,(H3,19,20,22,25)/t12-/m0/s1. The third-order valence-corrected chi connectivity index (χ3v) is 4.40. The maximum atomic E-state index is 12.6. The second-order valence-electron chi connectivity index (χ2n) is 6.31. The Kier molecular flexibility index (Phi) is 6.32. The summed E-state index contributed by atoms with van der Waals surface area (Å²) in [6, 6.07) is 6.38. The number of rotatable bonds is 4. The molecule has 0 aromatic heterocycles. The molecule has 1 heterocycles. The van der Waals surface area contributed by atoms with Crippen LogP contribution in [0.3, 0.4) is 0 Å². The zero-order valence-corrected chi connectivity index (χ0v) is 14.9. The highest BCUT2D eigenvalue weighted by Crippen LogP contribution is 2.21. The molecule has 8 nitrogen and oxygen atoms in total. The van der Waals surface area contributed by atoms with Gasteiger partial charge >= 0.3 is 12.0 Å². The van der Waals surface area contributed by atoms with Gasteiger partial charge in [-0.05, 0) is 38.3 Å². The highest BCUT2D eigenvalue weighted by Gasteiger charge is 2.31. The molecule has 4 amide bonds. The summed E-state index contributed by atoms with van der Waals surface area (Å²) in [5.41, 5.74) is 6.43. The quantitative estimate of drug-likeness (QED) is 0.775. The molecule has 1 fully saturated rings. The Hall–Kier alpha value is -2.90. The van der Waals surface area contributed by atoms with Gasteiger partial charge in [0.2, 0.25) is 0 Å². The van der Waals surface area contributed by atoms with E-state index in [1.54, 1.807) is 11.0 Å². The van der Waals surface area contributed by atoms with Gasteiger partial charge in [0.05, 0.1) is 5.92 Å². The Balaban J connectivity index is 1.87. The predicted molar refractivity (Wildman–Crippen MR) is 93.1 cm³/mol. The number of hydrogen-bond donors (Lipinski definition) is 2. The molecule has 3 N–H and O–H groups in total. The number of nitrogens with zero attached hydrogens (tertiary/aromatic N) is 1. The molecule has 1 aromatic rings. The number of piperidine rings is 1. The number of primary amides is 1. The Morgan fingerprint density at radius 2 is 1.81 bits per heavy atom. The minimum atomic E-state index is -1.11. The largest absolute Gasteiger partial charge is 0.452 e. The monoisotopic (exact) mass is 361 g/mol.